The lowest BCUT2D eigenvalue weighted by molar-refractivity contribution is -0.139. The molecule has 9 nitrogen and oxygen atoms in total. The minimum Gasteiger partial charge on any atom is -0.465 e. The van der Waals surface area contributed by atoms with Crippen LogP contribution in [0.2, 0.25) is 5.02 Å². The van der Waals surface area contributed by atoms with Crippen molar-refractivity contribution in [3.63, 3.8) is 0 Å². The van der Waals surface area contributed by atoms with Gasteiger partial charge in [-0.15, -0.1) is 0 Å². The third-order valence-corrected chi connectivity index (χ3v) is 6.47. The van der Waals surface area contributed by atoms with Crippen molar-refractivity contribution in [2.45, 2.75) is 38.6 Å². The molecule has 2 aromatic carbocycles. The molecule has 4 rings (SSSR count). The molecule has 194 valence electrons. The number of fused-ring (bicyclic) bond motifs is 1. The standard InChI is InChI=1S/C25H23ClF2N4O5/c1-13(33)18-11-31(20-8-16(30-25(36)37)5-6-17(18)20)12-22(34)32-10-15(27)7-21(32)24(35)29-9-14-3-2-4-19(26)23(14)28/h2-6,8,11,15,21,30H,7,9-10,12H2,1H3,(H,29,35)(H,36,37)/t15-,21+/m1/s1. The third kappa shape index (κ3) is 5.56. The number of halogens is 3. The molecule has 0 saturated carbocycles. The first kappa shape index (κ1) is 26.1. The molecular formula is C25H23ClF2N4O5. The number of rotatable bonds is 7. The van der Waals surface area contributed by atoms with Gasteiger partial charge in [0.25, 0.3) is 0 Å². The Hall–Kier alpha value is -3.99. The van der Waals surface area contributed by atoms with Crippen molar-refractivity contribution in [1.82, 2.24) is 14.8 Å². The van der Waals surface area contributed by atoms with Crippen LogP contribution in [-0.2, 0) is 22.7 Å². The van der Waals surface area contributed by atoms with Gasteiger partial charge in [-0.2, -0.15) is 0 Å². The summed E-state index contributed by atoms with van der Waals surface area (Å²) in [5.41, 5.74) is 1.12. The number of likely N-dealkylation sites (tertiary alicyclic amines) is 1. The van der Waals surface area contributed by atoms with Crippen molar-refractivity contribution in [2.75, 3.05) is 11.9 Å². The van der Waals surface area contributed by atoms with Gasteiger partial charge >= 0.3 is 6.09 Å². The molecule has 1 aromatic heterocycles. The molecule has 3 amide bonds. The summed E-state index contributed by atoms with van der Waals surface area (Å²) in [4.78, 5) is 50.3. The van der Waals surface area contributed by atoms with E-state index in [1.807, 2.05) is 0 Å². The van der Waals surface area contributed by atoms with E-state index in [-0.39, 0.29) is 48.1 Å². The van der Waals surface area contributed by atoms with Gasteiger partial charge in [-0.25, -0.2) is 13.6 Å². The summed E-state index contributed by atoms with van der Waals surface area (Å²) in [6.07, 6.45) is -1.45. The smallest absolute Gasteiger partial charge is 0.409 e. The molecule has 2 atom stereocenters. The maximum absolute atomic E-state index is 14.3. The Balaban J connectivity index is 1.55. The molecule has 37 heavy (non-hydrogen) atoms. The first-order valence-electron chi connectivity index (χ1n) is 11.3. The summed E-state index contributed by atoms with van der Waals surface area (Å²) in [7, 11) is 0. The molecule has 0 aliphatic carbocycles. The Morgan fingerprint density at radius 1 is 1.19 bits per heavy atom. The summed E-state index contributed by atoms with van der Waals surface area (Å²) in [6, 6.07) is 7.79. The number of carbonyl (C=O) groups excluding carboxylic acids is 3. The molecule has 1 aliphatic heterocycles. The lowest BCUT2D eigenvalue weighted by atomic mass is 10.1. The summed E-state index contributed by atoms with van der Waals surface area (Å²) in [6.45, 7) is 0.554. The SMILES string of the molecule is CC(=O)c1cn(CC(=O)N2C[C@H](F)C[C@H]2C(=O)NCc2cccc(Cl)c2F)c2cc(NC(=O)O)ccc12. The number of carboxylic acid groups (broad SMARTS) is 1. The molecule has 2 heterocycles. The highest BCUT2D eigenvalue weighted by Crippen LogP contribution is 2.27. The quantitative estimate of drug-likeness (QED) is 0.397. The molecule has 3 N–H and O–H groups in total. The van der Waals surface area contributed by atoms with Crippen LogP contribution in [0.3, 0.4) is 0 Å². The summed E-state index contributed by atoms with van der Waals surface area (Å²) >= 11 is 5.77. The van der Waals surface area contributed by atoms with Crippen molar-refractivity contribution in [2.24, 2.45) is 0 Å². The number of ketones is 1. The second-order valence-corrected chi connectivity index (χ2v) is 9.12. The predicted molar refractivity (Wildman–Crippen MR) is 132 cm³/mol. The van der Waals surface area contributed by atoms with Gasteiger partial charge in [0, 0.05) is 41.4 Å². The van der Waals surface area contributed by atoms with Crippen LogP contribution in [0.5, 0.6) is 0 Å². The highest BCUT2D eigenvalue weighted by Gasteiger charge is 2.39. The Kier molecular flexibility index (Phi) is 7.44. The van der Waals surface area contributed by atoms with Gasteiger partial charge in [-0.1, -0.05) is 29.8 Å². The number of anilines is 1. The largest absolute Gasteiger partial charge is 0.465 e. The number of benzene rings is 2. The fourth-order valence-electron chi connectivity index (χ4n) is 4.44. The van der Waals surface area contributed by atoms with Crippen LogP contribution in [0.1, 0.15) is 29.3 Å². The van der Waals surface area contributed by atoms with E-state index in [1.165, 1.54) is 48.0 Å². The molecule has 0 radical (unpaired) electrons. The average Bonchev–Trinajstić information content (AvgIpc) is 3.40. The second kappa shape index (κ2) is 10.6. The van der Waals surface area contributed by atoms with E-state index in [9.17, 15) is 28.0 Å². The van der Waals surface area contributed by atoms with Crippen molar-refractivity contribution in [3.8, 4) is 0 Å². The topological polar surface area (TPSA) is 121 Å². The Morgan fingerprint density at radius 3 is 2.65 bits per heavy atom. The molecule has 12 heteroatoms. The number of Topliss-reactive ketones (excluding diaryl/α,β-unsaturated/α-hetero) is 1. The minimum absolute atomic E-state index is 0.0983. The normalized spacial score (nSPS) is 17.1. The third-order valence-electron chi connectivity index (χ3n) is 6.18. The molecule has 3 aromatic rings. The van der Waals surface area contributed by atoms with Gasteiger partial charge in [-0.3, -0.25) is 19.7 Å². The second-order valence-electron chi connectivity index (χ2n) is 8.71. The maximum Gasteiger partial charge on any atom is 0.409 e. The van der Waals surface area contributed by atoms with Crippen molar-refractivity contribution in [3.05, 3.63) is 64.6 Å². The van der Waals surface area contributed by atoms with Gasteiger partial charge in [0.1, 0.15) is 24.6 Å². The number of hydrogen-bond acceptors (Lipinski definition) is 4. The Bertz CT molecular complexity index is 1410. The van der Waals surface area contributed by atoms with Crippen LogP contribution < -0.4 is 10.6 Å². The van der Waals surface area contributed by atoms with E-state index < -0.39 is 35.9 Å². The van der Waals surface area contributed by atoms with Crippen molar-refractivity contribution in [1.29, 1.82) is 0 Å². The number of nitrogens with one attached hydrogen (secondary N) is 2. The van der Waals surface area contributed by atoms with Crippen LogP contribution in [0, 0.1) is 5.82 Å². The van der Waals surface area contributed by atoms with E-state index >= 15 is 0 Å². The van der Waals surface area contributed by atoms with E-state index in [0.717, 1.165) is 4.90 Å². The van der Waals surface area contributed by atoms with E-state index in [1.54, 1.807) is 6.07 Å². The summed E-state index contributed by atoms with van der Waals surface area (Å²) < 4.78 is 29.9. The minimum atomic E-state index is -1.43. The molecular weight excluding hydrogens is 510 g/mol. The van der Waals surface area contributed by atoms with E-state index in [4.69, 9.17) is 16.7 Å². The van der Waals surface area contributed by atoms with Gasteiger partial charge in [0.15, 0.2) is 5.78 Å². The molecule has 1 aliphatic rings. The average molecular weight is 533 g/mol. The van der Waals surface area contributed by atoms with Crippen LogP contribution in [-0.4, -0.2) is 57.0 Å². The summed E-state index contributed by atoms with van der Waals surface area (Å²) in [5.74, 6) is -2.14. The maximum atomic E-state index is 14.3. The van der Waals surface area contributed by atoms with Crippen LogP contribution in [0.15, 0.2) is 42.6 Å². The fourth-order valence-corrected chi connectivity index (χ4v) is 4.63. The molecule has 0 bridgehead atoms. The van der Waals surface area contributed by atoms with E-state index in [0.29, 0.717) is 16.5 Å². The van der Waals surface area contributed by atoms with E-state index in [2.05, 4.69) is 10.6 Å². The van der Waals surface area contributed by atoms with Crippen molar-refractivity contribution >= 4 is 51.9 Å². The Morgan fingerprint density at radius 2 is 1.95 bits per heavy atom. The number of nitrogens with zero attached hydrogens (tertiary/aromatic N) is 2. The monoisotopic (exact) mass is 532 g/mol. The number of hydrogen-bond donors (Lipinski definition) is 3. The molecule has 0 unspecified atom stereocenters. The number of alkyl halides is 1. The Labute approximate surface area is 215 Å². The van der Waals surface area contributed by atoms with Crippen molar-refractivity contribution < 1.29 is 33.1 Å². The van der Waals surface area contributed by atoms with Gasteiger partial charge < -0.3 is 19.9 Å². The summed E-state index contributed by atoms with van der Waals surface area (Å²) in [5, 5.41) is 14.2. The zero-order valence-corrected chi connectivity index (χ0v) is 20.4. The number of amides is 3. The predicted octanol–water partition coefficient (Wildman–Crippen LogP) is 3.98. The van der Waals surface area contributed by atoms with Crippen LogP contribution in [0.25, 0.3) is 10.9 Å². The molecule has 1 fully saturated rings. The number of aromatic nitrogens is 1. The highest BCUT2D eigenvalue weighted by atomic mass is 35.5. The van der Waals surface area contributed by atoms with Crippen LogP contribution >= 0.6 is 11.6 Å². The zero-order chi connectivity index (χ0) is 26.9. The van der Waals surface area contributed by atoms with Crippen LogP contribution in [0.4, 0.5) is 19.3 Å². The number of carbonyl (C=O) groups is 4. The lowest BCUT2D eigenvalue weighted by Crippen LogP contribution is -2.46. The zero-order valence-electron chi connectivity index (χ0n) is 19.6. The fraction of sp³-hybridized carbons (Fsp3) is 0.280. The lowest BCUT2D eigenvalue weighted by Gasteiger charge is -2.24. The highest BCUT2D eigenvalue weighted by molar-refractivity contribution is 6.30. The molecule has 1 saturated heterocycles. The van der Waals surface area contributed by atoms with Gasteiger partial charge in [0.2, 0.25) is 11.8 Å². The van der Waals surface area contributed by atoms with Gasteiger partial charge in [-0.05, 0) is 25.1 Å². The first-order chi connectivity index (χ1) is 17.5. The first-order valence-corrected chi connectivity index (χ1v) is 11.7. The van der Waals surface area contributed by atoms with Gasteiger partial charge in [0.05, 0.1) is 17.1 Å². The molecule has 0 spiro atoms.